The lowest BCUT2D eigenvalue weighted by molar-refractivity contribution is -0.0625. The van der Waals surface area contributed by atoms with E-state index in [1.807, 2.05) is 13.0 Å². The zero-order valence-electron chi connectivity index (χ0n) is 9.38. The molecule has 16 heavy (non-hydrogen) atoms. The van der Waals surface area contributed by atoms with E-state index in [1.54, 1.807) is 12.1 Å². The van der Waals surface area contributed by atoms with Gasteiger partial charge in [0.15, 0.2) is 0 Å². The van der Waals surface area contributed by atoms with Crippen molar-refractivity contribution in [1.29, 1.82) is 0 Å². The van der Waals surface area contributed by atoms with Crippen LogP contribution in [0.25, 0.3) is 0 Å². The van der Waals surface area contributed by atoms with Crippen LogP contribution in [0.2, 0.25) is 0 Å². The molecule has 0 N–H and O–H groups in total. The molecule has 1 aliphatic rings. The molecule has 2 atom stereocenters. The van der Waals surface area contributed by atoms with Gasteiger partial charge in [-0.2, -0.15) is 0 Å². The Balaban J connectivity index is 2.08. The topological polar surface area (TPSA) is 9.23 Å². The first kappa shape index (κ1) is 11.9. The van der Waals surface area contributed by atoms with Crippen LogP contribution in [-0.4, -0.2) is 17.6 Å². The maximum absolute atomic E-state index is 13.1. The van der Waals surface area contributed by atoms with Crippen molar-refractivity contribution in [3.8, 4) is 0 Å². The second kappa shape index (κ2) is 4.72. The van der Waals surface area contributed by atoms with Crippen molar-refractivity contribution in [2.75, 3.05) is 6.61 Å². The van der Waals surface area contributed by atoms with E-state index in [2.05, 4.69) is 0 Å². The number of benzene rings is 1. The third-order valence-corrected chi connectivity index (χ3v) is 3.37. The van der Waals surface area contributed by atoms with Crippen LogP contribution >= 0.6 is 11.6 Å². The van der Waals surface area contributed by atoms with Gasteiger partial charge in [-0.15, -0.1) is 11.6 Å². The molecule has 1 aromatic rings. The van der Waals surface area contributed by atoms with E-state index in [0.717, 1.165) is 18.4 Å². The average molecular weight is 243 g/mol. The molecule has 88 valence electrons. The minimum atomic E-state index is -0.252. The van der Waals surface area contributed by atoms with Gasteiger partial charge in [0.1, 0.15) is 5.82 Å². The molecule has 3 heteroatoms. The van der Waals surface area contributed by atoms with E-state index >= 15 is 0 Å². The molecule has 1 fully saturated rings. The van der Waals surface area contributed by atoms with E-state index in [0.29, 0.717) is 13.0 Å². The Morgan fingerprint density at radius 1 is 1.56 bits per heavy atom. The lowest BCUT2D eigenvalue weighted by Crippen LogP contribution is -2.39. The highest BCUT2D eigenvalue weighted by atomic mass is 35.5. The molecule has 0 radical (unpaired) electrons. The molecule has 0 aliphatic carbocycles. The maximum atomic E-state index is 13.1. The van der Waals surface area contributed by atoms with Crippen LogP contribution in [0, 0.1) is 5.82 Å². The van der Waals surface area contributed by atoms with Crippen molar-refractivity contribution < 1.29 is 9.13 Å². The first-order valence-electron chi connectivity index (χ1n) is 5.60. The third kappa shape index (κ3) is 2.96. The van der Waals surface area contributed by atoms with Crippen molar-refractivity contribution in [2.45, 2.75) is 37.2 Å². The number of alkyl halides is 1. The van der Waals surface area contributed by atoms with Gasteiger partial charge in [-0.25, -0.2) is 4.39 Å². The third-order valence-electron chi connectivity index (χ3n) is 3.00. The number of ether oxygens (including phenoxy) is 1. The summed E-state index contributed by atoms with van der Waals surface area (Å²) in [5, 5.41) is 0.173. The van der Waals surface area contributed by atoms with Gasteiger partial charge in [0, 0.05) is 18.4 Å². The number of hydrogen-bond acceptors (Lipinski definition) is 1. The summed E-state index contributed by atoms with van der Waals surface area (Å²) in [7, 11) is 0. The summed E-state index contributed by atoms with van der Waals surface area (Å²) in [5.74, 6) is -0.195. The van der Waals surface area contributed by atoms with E-state index in [9.17, 15) is 4.39 Å². The van der Waals surface area contributed by atoms with Crippen molar-refractivity contribution in [3.05, 3.63) is 35.6 Å². The van der Waals surface area contributed by atoms with Gasteiger partial charge in [0.25, 0.3) is 0 Å². The quantitative estimate of drug-likeness (QED) is 0.721. The van der Waals surface area contributed by atoms with Crippen LogP contribution in [0.4, 0.5) is 4.39 Å². The van der Waals surface area contributed by atoms with E-state index in [4.69, 9.17) is 16.3 Å². The van der Waals surface area contributed by atoms with Crippen LogP contribution in [0.3, 0.4) is 0 Å². The van der Waals surface area contributed by atoms with Crippen molar-refractivity contribution in [1.82, 2.24) is 0 Å². The van der Waals surface area contributed by atoms with E-state index in [-0.39, 0.29) is 16.8 Å². The Kier molecular flexibility index (Phi) is 3.50. The highest BCUT2D eigenvalue weighted by Gasteiger charge is 2.32. The standard InChI is InChI=1S/C13H16ClFO/c1-13(9-11(14)5-6-16-13)8-10-3-2-4-12(15)7-10/h2-4,7,11H,5-6,8-9H2,1H3. The molecular formula is C13H16ClFO. The number of hydrogen-bond donors (Lipinski definition) is 0. The highest BCUT2D eigenvalue weighted by Crippen LogP contribution is 2.31. The summed E-state index contributed by atoms with van der Waals surface area (Å²) < 4.78 is 18.8. The summed E-state index contributed by atoms with van der Waals surface area (Å²) in [6, 6.07) is 6.68. The van der Waals surface area contributed by atoms with Crippen LogP contribution < -0.4 is 0 Å². The van der Waals surface area contributed by atoms with Gasteiger partial charge in [-0.05, 0) is 37.5 Å². The largest absolute Gasteiger partial charge is 0.375 e. The Labute approximate surface area is 101 Å². The zero-order chi connectivity index (χ0) is 11.6. The molecule has 0 spiro atoms. The Morgan fingerprint density at radius 3 is 3.06 bits per heavy atom. The second-order valence-electron chi connectivity index (χ2n) is 4.70. The Bertz CT molecular complexity index is 369. The fourth-order valence-electron chi connectivity index (χ4n) is 2.26. The lowest BCUT2D eigenvalue weighted by Gasteiger charge is -2.36. The monoisotopic (exact) mass is 242 g/mol. The molecule has 1 aromatic carbocycles. The molecular weight excluding hydrogens is 227 g/mol. The minimum absolute atomic E-state index is 0.173. The SMILES string of the molecule is CC1(Cc2cccc(F)c2)CC(Cl)CCO1. The zero-order valence-corrected chi connectivity index (χ0v) is 10.1. The lowest BCUT2D eigenvalue weighted by atomic mass is 9.89. The fourth-order valence-corrected chi connectivity index (χ4v) is 2.68. The fraction of sp³-hybridized carbons (Fsp3) is 0.538. The first-order chi connectivity index (χ1) is 7.57. The summed E-state index contributed by atoms with van der Waals surface area (Å²) in [5.41, 5.74) is 0.714. The molecule has 1 saturated heterocycles. The average Bonchev–Trinajstić information content (AvgIpc) is 2.16. The number of rotatable bonds is 2. The van der Waals surface area contributed by atoms with Crippen molar-refractivity contribution in [2.24, 2.45) is 0 Å². The van der Waals surface area contributed by atoms with Gasteiger partial charge in [0.2, 0.25) is 0 Å². The van der Waals surface area contributed by atoms with Crippen LogP contribution in [0.5, 0.6) is 0 Å². The molecule has 1 heterocycles. The van der Waals surface area contributed by atoms with Gasteiger partial charge < -0.3 is 4.74 Å². The molecule has 1 nitrogen and oxygen atoms in total. The predicted octanol–water partition coefficient (Wildman–Crippen LogP) is 3.54. The van der Waals surface area contributed by atoms with Gasteiger partial charge in [-0.3, -0.25) is 0 Å². The summed E-state index contributed by atoms with van der Waals surface area (Å²) in [6.07, 6.45) is 2.44. The molecule has 0 bridgehead atoms. The van der Waals surface area contributed by atoms with Gasteiger partial charge in [-0.1, -0.05) is 12.1 Å². The van der Waals surface area contributed by atoms with Crippen molar-refractivity contribution in [3.63, 3.8) is 0 Å². The molecule has 0 amide bonds. The molecule has 2 unspecified atom stereocenters. The highest BCUT2D eigenvalue weighted by molar-refractivity contribution is 6.20. The normalized spacial score (nSPS) is 30.3. The van der Waals surface area contributed by atoms with E-state index < -0.39 is 0 Å². The summed E-state index contributed by atoms with van der Waals surface area (Å²) >= 11 is 6.14. The number of halogens is 2. The predicted molar refractivity (Wildman–Crippen MR) is 63.3 cm³/mol. The summed E-state index contributed by atoms with van der Waals surface area (Å²) in [4.78, 5) is 0. The van der Waals surface area contributed by atoms with E-state index in [1.165, 1.54) is 6.07 Å². The van der Waals surface area contributed by atoms with Crippen LogP contribution in [0.1, 0.15) is 25.3 Å². The second-order valence-corrected chi connectivity index (χ2v) is 5.31. The van der Waals surface area contributed by atoms with Gasteiger partial charge >= 0.3 is 0 Å². The molecule has 0 saturated carbocycles. The summed E-state index contributed by atoms with van der Waals surface area (Å²) in [6.45, 7) is 2.74. The molecule has 2 rings (SSSR count). The Hall–Kier alpha value is -0.600. The molecule has 1 aliphatic heterocycles. The maximum Gasteiger partial charge on any atom is 0.123 e. The van der Waals surface area contributed by atoms with Gasteiger partial charge in [0.05, 0.1) is 5.60 Å². The molecule has 0 aromatic heterocycles. The minimum Gasteiger partial charge on any atom is -0.375 e. The Morgan fingerprint density at radius 2 is 2.38 bits per heavy atom. The van der Waals surface area contributed by atoms with Crippen LogP contribution in [0.15, 0.2) is 24.3 Å². The first-order valence-corrected chi connectivity index (χ1v) is 6.03. The van der Waals surface area contributed by atoms with Crippen molar-refractivity contribution >= 4 is 11.6 Å². The smallest absolute Gasteiger partial charge is 0.123 e. The van der Waals surface area contributed by atoms with Crippen LogP contribution in [-0.2, 0) is 11.2 Å².